The van der Waals surface area contributed by atoms with Gasteiger partial charge < -0.3 is 14.5 Å². The van der Waals surface area contributed by atoms with Crippen molar-refractivity contribution in [3.8, 4) is 5.75 Å². The lowest BCUT2D eigenvalue weighted by atomic mass is 10.0. The Bertz CT molecular complexity index is 1160. The summed E-state index contributed by atoms with van der Waals surface area (Å²) in [6.45, 7) is 6.24. The lowest BCUT2D eigenvalue weighted by Crippen LogP contribution is -2.40. The Balaban J connectivity index is 1.57. The van der Waals surface area contributed by atoms with E-state index in [2.05, 4.69) is 10.2 Å². The molecule has 2 aromatic carbocycles. The summed E-state index contributed by atoms with van der Waals surface area (Å²) in [5.74, 6) is 0.469. The molecule has 0 aliphatic carbocycles. The van der Waals surface area contributed by atoms with Crippen LogP contribution in [-0.4, -0.2) is 37.6 Å². The summed E-state index contributed by atoms with van der Waals surface area (Å²) >= 11 is 0. The molecule has 1 fully saturated rings. The van der Waals surface area contributed by atoms with Crippen LogP contribution in [0.4, 0.5) is 0 Å². The number of nitrogens with zero attached hydrogens (tertiary/aromatic N) is 1. The molecule has 4 rings (SSSR count). The number of hydrogen-bond acceptors (Lipinski definition) is 5. The first-order chi connectivity index (χ1) is 15.5. The number of carbonyl (C=O) groups excluding carboxylic acids is 1. The van der Waals surface area contributed by atoms with Crippen LogP contribution in [0.25, 0.3) is 11.0 Å². The van der Waals surface area contributed by atoms with Crippen molar-refractivity contribution in [3.05, 3.63) is 75.1 Å². The lowest BCUT2D eigenvalue weighted by molar-refractivity contribution is 0.0897. The molecule has 0 unspecified atom stereocenters. The predicted octanol–water partition coefficient (Wildman–Crippen LogP) is 4.38. The van der Waals surface area contributed by atoms with E-state index in [0.717, 1.165) is 48.4 Å². The number of fused-ring (bicyclic) bond motifs is 1. The van der Waals surface area contributed by atoms with Gasteiger partial charge in [0.1, 0.15) is 11.3 Å². The molecule has 3 aromatic rings. The summed E-state index contributed by atoms with van der Waals surface area (Å²) in [5, 5.41) is 3.52. The number of likely N-dealkylation sites (tertiary alicyclic amines) is 1. The van der Waals surface area contributed by atoms with Crippen LogP contribution in [0.5, 0.6) is 5.75 Å². The van der Waals surface area contributed by atoms with Crippen molar-refractivity contribution in [2.75, 3.05) is 26.7 Å². The zero-order valence-electron chi connectivity index (χ0n) is 18.9. The summed E-state index contributed by atoms with van der Waals surface area (Å²) in [7, 11) is 1.65. The molecule has 2 heterocycles. The fourth-order valence-electron chi connectivity index (χ4n) is 4.57. The van der Waals surface area contributed by atoms with Crippen LogP contribution in [0.3, 0.4) is 0 Å². The van der Waals surface area contributed by atoms with Gasteiger partial charge in [0.2, 0.25) is 0 Å². The number of nitrogens with one attached hydrogen (secondary N) is 1. The zero-order valence-corrected chi connectivity index (χ0v) is 18.9. The van der Waals surface area contributed by atoms with Gasteiger partial charge in [0.25, 0.3) is 5.91 Å². The highest BCUT2D eigenvalue weighted by atomic mass is 16.5. The van der Waals surface area contributed by atoms with Crippen molar-refractivity contribution < 1.29 is 13.9 Å². The molecule has 0 radical (unpaired) electrons. The summed E-state index contributed by atoms with van der Waals surface area (Å²) < 4.78 is 11.1. The monoisotopic (exact) mass is 434 g/mol. The van der Waals surface area contributed by atoms with Crippen LogP contribution in [-0.2, 0) is 0 Å². The molecule has 32 heavy (non-hydrogen) atoms. The number of amides is 1. The van der Waals surface area contributed by atoms with E-state index in [1.54, 1.807) is 13.2 Å². The van der Waals surface area contributed by atoms with Gasteiger partial charge in [0.05, 0.1) is 18.5 Å². The third kappa shape index (κ3) is 4.70. The fraction of sp³-hybridized carbons (Fsp3) is 0.385. The highest BCUT2D eigenvalue weighted by Crippen LogP contribution is 2.26. The number of hydrogen-bond donors (Lipinski definition) is 1. The van der Waals surface area contributed by atoms with E-state index < -0.39 is 0 Å². The van der Waals surface area contributed by atoms with E-state index in [1.165, 1.54) is 12.5 Å². The predicted molar refractivity (Wildman–Crippen MR) is 125 cm³/mol. The summed E-state index contributed by atoms with van der Waals surface area (Å²) in [6, 6.07) is 13.1. The molecule has 0 saturated carbocycles. The van der Waals surface area contributed by atoms with Gasteiger partial charge in [-0.25, -0.2) is 0 Å². The largest absolute Gasteiger partial charge is 0.497 e. The highest BCUT2D eigenvalue weighted by molar-refractivity contribution is 5.93. The van der Waals surface area contributed by atoms with E-state index in [1.807, 2.05) is 44.2 Å². The second-order valence-electron chi connectivity index (χ2n) is 8.53. The minimum atomic E-state index is -0.376. The Hall–Kier alpha value is -3.12. The summed E-state index contributed by atoms with van der Waals surface area (Å²) in [4.78, 5) is 28.0. The molecule has 1 amide bonds. The van der Waals surface area contributed by atoms with E-state index in [-0.39, 0.29) is 23.1 Å². The number of methoxy groups -OCH3 is 1. The van der Waals surface area contributed by atoms with E-state index in [0.29, 0.717) is 17.5 Å². The second kappa shape index (κ2) is 9.57. The summed E-state index contributed by atoms with van der Waals surface area (Å²) in [6.07, 6.45) is 3.54. The number of aryl methyl sites for hydroxylation is 2. The molecular formula is C26H30N2O4. The molecule has 0 spiro atoms. The first-order valence-electron chi connectivity index (χ1n) is 11.2. The van der Waals surface area contributed by atoms with Gasteiger partial charge in [0.15, 0.2) is 11.2 Å². The Morgan fingerprint density at radius 1 is 1.09 bits per heavy atom. The SMILES string of the molecule is COc1ccc([C@@H](CNC(=O)c2cc(=O)c3c(C)cc(C)cc3o2)N2CCCCC2)cc1. The van der Waals surface area contributed by atoms with Gasteiger partial charge >= 0.3 is 0 Å². The minimum Gasteiger partial charge on any atom is -0.497 e. The molecule has 1 saturated heterocycles. The molecule has 1 aliphatic heterocycles. The van der Waals surface area contributed by atoms with Crippen LogP contribution >= 0.6 is 0 Å². The van der Waals surface area contributed by atoms with Gasteiger partial charge in [-0.15, -0.1) is 0 Å². The standard InChI is InChI=1S/C26H30N2O4/c1-17-13-18(2)25-22(29)15-24(32-23(25)14-17)26(30)27-16-21(28-11-5-4-6-12-28)19-7-9-20(31-3)10-8-19/h7-10,13-15,21H,4-6,11-12,16H2,1-3H3,(H,27,30)/t21-/m1/s1. The van der Waals surface area contributed by atoms with Crippen LogP contribution in [0.15, 0.2) is 51.7 Å². The average Bonchev–Trinajstić information content (AvgIpc) is 2.79. The smallest absolute Gasteiger partial charge is 0.287 e. The van der Waals surface area contributed by atoms with E-state index in [9.17, 15) is 9.59 Å². The lowest BCUT2D eigenvalue weighted by Gasteiger charge is -2.35. The first-order valence-corrected chi connectivity index (χ1v) is 11.2. The van der Waals surface area contributed by atoms with Crippen LogP contribution in [0, 0.1) is 13.8 Å². The van der Waals surface area contributed by atoms with Gasteiger partial charge in [-0.2, -0.15) is 0 Å². The maximum Gasteiger partial charge on any atom is 0.287 e. The minimum absolute atomic E-state index is 0.0413. The molecule has 6 nitrogen and oxygen atoms in total. The topological polar surface area (TPSA) is 71.8 Å². The third-order valence-corrected chi connectivity index (χ3v) is 6.18. The zero-order chi connectivity index (χ0) is 22.7. The molecular weight excluding hydrogens is 404 g/mol. The van der Waals surface area contributed by atoms with Gasteiger partial charge in [-0.3, -0.25) is 14.5 Å². The molecule has 168 valence electrons. The number of piperidine rings is 1. The molecule has 1 aliphatic rings. The van der Waals surface area contributed by atoms with Gasteiger partial charge in [0, 0.05) is 12.6 Å². The Morgan fingerprint density at radius 2 is 1.81 bits per heavy atom. The maximum absolute atomic E-state index is 12.9. The van der Waals surface area contributed by atoms with Crippen molar-refractivity contribution in [2.24, 2.45) is 0 Å². The Kier molecular flexibility index (Phi) is 6.61. The van der Waals surface area contributed by atoms with Crippen LogP contribution in [0.1, 0.15) is 52.5 Å². The molecule has 0 bridgehead atoms. The molecule has 1 N–H and O–H groups in total. The van der Waals surface area contributed by atoms with Gasteiger partial charge in [-0.1, -0.05) is 24.6 Å². The Labute approximate surface area is 188 Å². The van der Waals surface area contributed by atoms with Gasteiger partial charge in [-0.05, 0) is 74.7 Å². The normalized spacial score (nSPS) is 15.5. The molecule has 6 heteroatoms. The second-order valence-corrected chi connectivity index (χ2v) is 8.53. The van der Waals surface area contributed by atoms with Crippen LogP contribution < -0.4 is 15.5 Å². The van der Waals surface area contributed by atoms with Crippen molar-refractivity contribution in [3.63, 3.8) is 0 Å². The fourth-order valence-corrected chi connectivity index (χ4v) is 4.57. The number of ether oxygens (including phenoxy) is 1. The Morgan fingerprint density at radius 3 is 2.50 bits per heavy atom. The highest BCUT2D eigenvalue weighted by Gasteiger charge is 2.24. The maximum atomic E-state index is 12.9. The molecule has 1 aromatic heterocycles. The van der Waals surface area contributed by atoms with Crippen molar-refractivity contribution in [1.82, 2.24) is 10.2 Å². The first kappa shape index (κ1) is 22.1. The quantitative estimate of drug-likeness (QED) is 0.624. The van der Waals surface area contributed by atoms with Crippen molar-refractivity contribution in [1.29, 1.82) is 0 Å². The average molecular weight is 435 g/mol. The summed E-state index contributed by atoms with van der Waals surface area (Å²) in [5.41, 5.74) is 3.21. The number of carbonyl (C=O) groups is 1. The van der Waals surface area contributed by atoms with E-state index >= 15 is 0 Å². The number of rotatable bonds is 6. The number of benzene rings is 2. The third-order valence-electron chi connectivity index (χ3n) is 6.18. The van der Waals surface area contributed by atoms with E-state index in [4.69, 9.17) is 9.15 Å². The van der Waals surface area contributed by atoms with Crippen LogP contribution in [0.2, 0.25) is 0 Å². The van der Waals surface area contributed by atoms with Crippen molar-refractivity contribution >= 4 is 16.9 Å². The van der Waals surface area contributed by atoms with Crippen molar-refractivity contribution in [2.45, 2.75) is 39.2 Å². The molecule has 1 atom stereocenters.